The number of ether oxygens (including phenoxy) is 1. The van der Waals surface area contributed by atoms with Crippen LogP contribution in [0.3, 0.4) is 0 Å². The molecule has 2 atom stereocenters. The van der Waals surface area contributed by atoms with Crippen molar-refractivity contribution in [3.63, 3.8) is 0 Å². The Morgan fingerprint density at radius 2 is 2.14 bits per heavy atom. The van der Waals surface area contributed by atoms with Gasteiger partial charge in [0.15, 0.2) is 5.54 Å². The quantitative estimate of drug-likeness (QED) is 0.781. The number of hydrogen-bond donors (Lipinski definition) is 2. The van der Waals surface area contributed by atoms with E-state index in [-0.39, 0.29) is 6.04 Å². The number of carbonyl (C=O) groups excluding carboxylic acids is 1. The molecule has 0 spiro atoms. The summed E-state index contributed by atoms with van der Waals surface area (Å²) < 4.78 is 5.21. The minimum atomic E-state index is -1.26. The van der Waals surface area contributed by atoms with Crippen molar-refractivity contribution in [3.8, 4) is 0 Å². The summed E-state index contributed by atoms with van der Waals surface area (Å²) in [6.45, 7) is 6.25. The third-order valence-electron chi connectivity index (χ3n) is 4.15. The molecule has 124 valence electrons. The number of hydrogen-bond acceptors (Lipinski definition) is 4. The van der Waals surface area contributed by atoms with Crippen molar-refractivity contribution >= 4 is 12.1 Å². The van der Waals surface area contributed by atoms with Gasteiger partial charge in [-0.3, -0.25) is 4.90 Å². The number of nitrogens with zero attached hydrogens (tertiary/aromatic N) is 1. The van der Waals surface area contributed by atoms with E-state index >= 15 is 0 Å². The highest BCUT2D eigenvalue weighted by atomic mass is 16.6. The van der Waals surface area contributed by atoms with Crippen molar-refractivity contribution in [1.29, 1.82) is 0 Å². The molecule has 1 heterocycles. The molecular weight excluding hydrogens is 284 g/mol. The lowest BCUT2D eigenvalue weighted by Crippen LogP contribution is -2.57. The van der Waals surface area contributed by atoms with E-state index in [1.807, 2.05) is 0 Å². The molecule has 0 radical (unpaired) electrons. The first-order chi connectivity index (χ1) is 10.2. The lowest BCUT2D eigenvalue weighted by molar-refractivity contribution is -0.144. The molecule has 1 amide bonds. The minimum Gasteiger partial charge on any atom is -0.479 e. The molecule has 2 rings (SSSR count). The molecule has 1 aliphatic heterocycles. The number of carboxylic acid groups (broad SMARTS) is 1. The predicted octanol–water partition coefficient (Wildman–Crippen LogP) is 2.15. The van der Waals surface area contributed by atoms with Crippen molar-refractivity contribution in [2.24, 2.45) is 0 Å². The molecule has 1 aliphatic carbocycles. The van der Waals surface area contributed by atoms with E-state index in [9.17, 15) is 14.7 Å². The van der Waals surface area contributed by atoms with Gasteiger partial charge in [0, 0.05) is 19.1 Å². The number of rotatable bonds is 3. The van der Waals surface area contributed by atoms with Gasteiger partial charge in [-0.2, -0.15) is 0 Å². The number of aliphatic carboxylic acids is 1. The fraction of sp³-hybridized carbons (Fsp3) is 0.750. The Hall–Kier alpha value is -1.56. The van der Waals surface area contributed by atoms with E-state index in [2.05, 4.69) is 22.4 Å². The first kappa shape index (κ1) is 16.8. The Labute approximate surface area is 131 Å². The van der Waals surface area contributed by atoms with Crippen LogP contribution in [0.1, 0.15) is 46.5 Å². The van der Waals surface area contributed by atoms with Crippen LogP contribution in [0.25, 0.3) is 0 Å². The molecule has 6 nitrogen and oxygen atoms in total. The van der Waals surface area contributed by atoms with E-state index in [0.717, 1.165) is 19.3 Å². The SMILES string of the molecule is CC(C)(C)OC(=O)NC1(C(=O)O)CCN(C2C=CCCC2)C1. The molecule has 1 saturated heterocycles. The van der Waals surface area contributed by atoms with Gasteiger partial charge < -0.3 is 15.2 Å². The fourth-order valence-electron chi connectivity index (χ4n) is 3.05. The standard InChI is InChI=1S/C16H26N2O4/c1-15(2,3)22-14(21)17-16(13(19)20)9-10-18(11-16)12-7-5-4-6-8-12/h5,7,12H,4,6,8-11H2,1-3H3,(H,17,21)(H,19,20). The normalized spacial score (nSPS) is 29.3. The monoisotopic (exact) mass is 310 g/mol. The molecule has 0 saturated carbocycles. The summed E-state index contributed by atoms with van der Waals surface area (Å²) >= 11 is 0. The lowest BCUT2D eigenvalue weighted by atomic mass is 9.98. The second-order valence-electron chi connectivity index (χ2n) is 7.16. The zero-order valence-electron chi connectivity index (χ0n) is 13.6. The number of carbonyl (C=O) groups is 2. The third-order valence-corrected chi connectivity index (χ3v) is 4.15. The molecule has 0 aromatic carbocycles. The van der Waals surface area contributed by atoms with Crippen LogP contribution >= 0.6 is 0 Å². The molecule has 22 heavy (non-hydrogen) atoms. The van der Waals surface area contributed by atoms with Crippen molar-refractivity contribution in [1.82, 2.24) is 10.2 Å². The Bertz CT molecular complexity index is 469. The average molecular weight is 310 g/mol. The van der Waals surface area contributed by atoms with Crippen molar-refractivity contribution in [3.05, 3.63) is 12.2 Å². The molecule has 6 heteroatoms. The largest absolute Gasteiger partial charge is 0.479 e. The summed E-state index contributed by atoms with van der Waals surface area (Å²) in [5, 5.41) is 12.2. The van der Waals surface area contributed by atoms with Crippen LogP contribution in [0.4, 0.5) is 4.79 Å². The summed E-state index contributed by atoms with van der Waals surface area (Å²) in [7, 11) is 0. The van der Waals surface area contributed by atoms with Crippen LogP contribution in [0.5, 0.6) is 0 Å². The highest BCUT2D eigenvalue weighted by Crippen LogP contribution is 2.28. The molecule has 2 N–H and O–H groups in total. The second kappa shape index (κ2) is 6.28. The molecule has 2 unspecified atom stereocenters. The van der Waals surface area contributed by atoms with E-state index in [1.165, 1.54) is 0 Å². The first-order valence-corrected chi connectivity index (χ1v) is 7.87. The van der Waals surface area contributed by atoms with Gasteiger partial charge in [-0.25, -0.2) is 9.59 Å². The molecule has 0 aromatic heterocycles. The van der Waals surface area contributed by atoms with Crippen LogP contribution in [-0.4, -0.2) is 52.3 Å². The van der Waals surface area contributed by atoms with E-state index in [0.29, 0.717) is 19.5 Å². The second-order valence-corrected chi connectivity index (χ2v) is 7.16. The van der Waals surface area contributed by atoms with Gasteiger partial charge in [0.1, 0.15) is 5.60 Å². The predicted molar refractivity (Wildman–Crippen MR) is 82.7 cm³/mol. The topological polar surface area (TPSA) is 78.9 Å². The van der Waals surface area contributed by atoms with E-state index in [1.54, 1.807) is 20.8 Å². The van der Waals surface area contributed by atoms with Gasteiger partial charge in [0.05, 0.1) is 0 Å². The number of amides is 1. The zero-order chi connectivity index (χ0) is 16.4. The lowest BCUT2D eigenvalue weighted by Gasteiger charge is -2.31. The number of nitrogens with one attached hydrogen (secondary N) is 1. The van der Waals surface area contributed by atoms with Crippen molar-refractivity contribution < 1.29 is 19.4 Å². The van der Waals surface area contributed by atoms with Gasteiger partial charge >= 0.3 is 12.1 Å². The minimum absolute atomic E-state index is 0.274. The summed E-state index contributed by atoms with van der Waals surface area (Å²) in [6, 6.07) is 0.274. The molecule has 0 bridgehead atoms. The Kier molecular flexibility index (Phi) is 4.80. The number of carboxylic acids is 1. The van der Waals surface area contributed by atoms with E-state index < -0.39 is 23.2 Å². The number of likely N-dealkylation sites (tertiary alicyclic amines) is 1. The van der Waals surface area contributed by atoms with Crippen LogP contribution in [-0.2, 0) is 9.53 Å². The van der Waals surface area contributed by atoms with Gasteiger partial charge in [0.25, 0.3) is 0 Å². The summed E-state index contributed by atoms with van der Waals surface area (Å²) in [5.74, 6) is -0.999. The highest BCUT2D eigenvalue weighted by Gasteiger charge is 2.48. The third kappa shape index (κ3) is 4.00. The summed E-state index contributed by atoms with van der Waals surface area (Å²) in [6.07, 6.45) is 7.27. The van der Waals surface area contributed by atoms with Crippen LogP contribution < -0.4 is 5.32 Å². The maximum atomic E-state index is 12.0. The van der Waals surface area contributed by atoms with Crippen LogP contribution in [0, 0.1) is 0 Å². The Morgan fingerprint density at radius 1 is 1.41 bits per heavy atom. The fourth-order valence-corrected chi connectivity index (χ4v) is 3.05. The summed E-state index contributed by atoms with van der Waals surface area (Å²) in [4.78, 5) is 25.9. The van der Waals surface area contributed by atoms with E-state index in [4.69, 9.17) is 4.74 Å². The highest BCUT2D eigenvalue weighted by molar-refractivity contribution is 5.85. The van der Waals surface area contributed by atoms with Crippen molar-refractivity contribution in [2.75, 3.05) is 13.1 Å². The van der Waals surface area contributed by atoms with Crippen molar-refractivity contribution in [2.45, 2.75) is 63.6 Å². The van der Waals surface area contributed by atoms with Gasteiger partial charge in [0.2, 0.25) is 0 Å². The van der Waals surface area contributed by atoms with Gasteiger partial charge in [-0.05, 0) is 46.5 Å². The summed E-state index contributed by atoms with van der Waals surface area (Å²) in [5.41, 5.74) is -1.90. The Morgan fingerprint density at radius 3 is 2.68 bits per heavy atom. The number of allylic oxidation sites excluding steroid dienone is 1. The molecule has 0 aromatic rings. The molecule has 1 fully saturated rings. The first-order valence-electron chi connectivity index (χ1n) is 7.87. The van der Waals surface area contributed by atoms with Gasteiger partial charge in [-0.1, -0.05) is 12.2 Å². The molecular formula is C16H26N2O4. The maximum absolute atomic E-state index is 12.0. The average Bonchev–Trinajstić information content (AvgIpc) is 2.83. The zero-order valence-corrected chi connectivity index (χ0v) is 13.6. The Balaban J connectivity index is 2.04. The number of alkyl carbamates (subject to hydrolysis) is 1. The maximum Gasteiger partial charge on any atom is 0.408 e. The smallest absolute Gasteiger partial charge is 0.408 e. The van der Waals surface area contributed by atoms with Crippen LogP contribution in [0.2, 0.25) is 0 Å². The van der Waals surface area contributed by atoms with Gasteiger partial charge in [-0.15, -0.1) is 0 Å². The van der Waals surface area contributed by atoms with Crippen LogP contribution in [0.15, 0.2) is 12.2 Å². The molecule has 2 aliphatic rings.